The van der Waals surface area contributed by atoms with Crippen molar-refractivity contribution in [3.05, 3.63) is 18.2 Å². The Bertz CT molecular complexity index is 885. The smallest absolute Gasteiger partial charge is 0.325 e. The van der Waals surface area contributed by atoms with Crippen LogP contribution in [0.2, 0.25) is 0 Å². The van der Waals surface area contributed by atoms with Crippen LogP contribution >= 0.6 is 0 Å². The number of amides is 3. The molecular formula is C20H33N9O5. The fourth-order valence-corrected chi connectivity index (χ4v) is 3.65. The zero-order valence-electron chi connectivity index (χ0n) is 19.1. The van der Waals surface area contributed by atoms with E-state index in [4.69, 9.17) is 22.3 Å². The molecule has 10 N–H and O–H groups in total. The number of carbonyl (C=O) groups is 4. The van der Waals surface area contributed by atoms with Gasteiger partial charge in [-0.3, -0.25) is 24.2 Å². The number of hydrogen-bond donors (Lipinski definition) is 7. The number of carboxylic acid groups (broad SMARTS) is 1. The highest BCUT2D eigenvalue weighted by Crippen LogP contribution is 2.19. The summed E-state index contributed by atoms with van der Waals surface area (Å²) in [4.78, 5) is 61.8. The van der Waals surface area contributed by atoms with E-state index in [-0.39, 0.29) is 31.3 Å². The number of nitrogens with zero attached hydrogens (tertiary/aromatic N) is 3. The van der Waals surface area contributed by atoms with Gasteiger partial charge in [0.05, 0.1) is 12.4 Å². The predicted octanol–water partition coefficient (Wildman–Crippen LogP) is -2.60. The van der Waals surface area contributed by atoms with Crippen LogP contribution in [0, 0.1) is 0 Å². The van der Waals surface area contributed by atoms with Crippen LogP contribution in [0.15, 0.2) is 17.5 Å². The maximum atomic E-state index is 13.0. The van der Waals surface area contributed by atoms with Crippen LogP contribution in [0.25, 0.3) is 0 Å². The van der Waals surface area contributed by atoms with Gasteiger partial charge in [0.1, 0.15) is 18.1 Å². The van der Waals surface area contributed by atoms with Gasteiger partial charge in [0.15, 0.2) is 5.96 Å². The molecule has 3 amide bonds. The van der Waals surface area contributed by atoms with Crippen LogP contribution in [0.3, 0.4) is 0 Å². The fourth-order valence-electron chi connectivity index (χ4n) is 3.65. The van der Waals surface area contributed by atoms with Crippen molar-refractivity contribution in [2.45, 2.75) is 63.2 Å². The number of rotatable bonds is 12. The molecule has 0 spiro atoms. The molecule has 1 aliphatic rings. The molecule has 2 rings (SSSR count). The number of carbonyl (C=O) groups excluding carboxylic acids is 3. The lowest BCUT2D eigenvalue weighted by molar-refractivity contribution is -0.142. The van der Waals surface area contributed by atoms with Crippen molar-refractivity contribution >= 4 is 29.7 Å². The van der Waals surface area contributed by atoms with E-state index < -0.39 is 42.0 Å². The van der Waals surface area contributed by atoms with Crippen molar-refractivity contribution in [2.24, 2.45) is 22.2 Å². The average molecular weight is 480 g/mol. The van der Waals surface area contributed by atoms with E-state index in [1.165, 1.54) is 18.2 Å². The monoisotopic (exact) mass is 479 g/mol. The summed E-state index contributed by atoms with van der Waals surface area (Å²) in [6.45, 7) is 1.91. The Hall–Kier alpha value is -3.68. The molecule has 4 atom stereocenters. The molecule has 0 radical (unpaired) electrons. The van der Waals surface area contributed by atoms with Crippen molar-refractivity contribution in [3.63, 3.8) is 0 Å². The number of carboxylic acids is 1. The molecular weight excluding hydrogens is 446 g/mol. The van der Waals surface area contributed by atoms with E-state index in [0.717, 1.165) is 0 Å². The second-order valence-corrected chi connectivity index (χ2v) is 8.16. The van der Waals surface area contributed by atoms with Gasteiger partial charge in [-0.1, -0.05) is 0 Å². The standard InChI is InChI=1S/C20H33N9O5/c1-11(19(33)34)27-16(30)14(4-2-6-25-20(22)23)28-17(31)15-5-3-7-29(15)18(32)13(21)8-12-9-24-10-26-12/h9-11,13-15H,2-8,21H2,1H3,(H,24,26)(H,27,30)(H,28,31)(H,33,34)(H4,22,23,25). The molecule has 1 aliphatic heterocycles. The topological polar surface area (TPSA) is 235 Å². The fraction of sp³-hybridized carbons (Fsp3) is 0.600. The van der Waals surface area contributed by atoms with Crippen LogP contribution in [-0.2, 0) is 25.6 Å². The van der Waals surface area contributed by atoms with Crippen LogP contribution < -0.4 is 27.8 Å². The first-order valence-electron chi connectivity index (χ1n) is 11.0. The number of aromatic nitrogens is 2. The highest BCUT2D eigenvalue weighted by atomic mass is 16.4. The minimum absolute atomic E-state index is 0.101. The highest BCUT2D eigenvalue weighted by molar-refractivity contribution is 5.94. The Morgan fingerprint density at radius 2 is 2.06 bits per heavy atom. The van der Waals surface area contributed by atoms with Gasteiger partial charge in [-0.15, -0.1) is 0 Å². The molecule has 1 fully saturated rings. The zero-order valence-corrected chi connectivity index (χ0v) is 19.1. The zero-order chi connectivity index (χ0) is 25.3. The SMILES string of the molecule is CC(NC(=O)C(CCCN=C(N)N)NC(=O)C1CCCN1C(=O)C(N)Cc1cnc[nH]1)C(=O)O. The first kappa shape index (κ1) is 26.6. The third-order valence-electron chi connectivity index (χ3n) is 5.46. The maximum Gasteiger partial charge on any atom is 0.325 e. The number of hydrogen-bond acceptors (Lipinski definition) is 7. The van der Waals surface area contributed by atoms with E-state index in [2.05, 4.69) is 25.6 Å². The highest BCUT2D eigenvalue weighted by Gasteiger charge is 2.37. The Labute approximate surface area is 196 Å². The molecule has 0 aliphatic carbocycles. The molecule has 4 unspecified atom stereocenters. The van der Waals surface area contributed by atoms with Crippen LogP contribution in [0.4, 0.5) is 0 Å². The van der Waals surface area contributed by atoms with E-state index in [1.54, 1.807) is 6.20 Å². The summed E-state index contributed by atoms with van der Waals surface area (Å²) < 4.78 is 0. The number of H-pyrrole nitrogens is 1. The second kappa shape index (κ2) is 12.5. The van der Waals surface area contributed by atoms with E-state index in [1.807, 2.05) is 0 Å². The molecule has 188 valence electrons. The average Bonchev–Trinajstić information content (AvgIpc) is 3.46. The second-order valence-electron chi connectivity index (χ2n) is 8.16. The molecule has 2 heterocycles. The number of likely N-dealkylation sites (tertiary alicyclic amines) is 1. The Balaban J connectivity index is 2.05. The summed E-state index contributed by atoms with van der Waals surface area (Å²) >= 11 is 0. The van der Waals surface area contributed by atoms with Gasteiger partial charge in [0.2, 0.25) is 17.7 Å². The molecule has 1 aromatic rings. The molecule has 1 saturated heterocycles. The van der Waals surface area contributed by atoms with Crippen LogP contribution in [0.1, 0.15) is 38.3 Å². The number of nitrogens with one attached hydrogen (secondary N) is 3. The van der Waals surface area contributed by atoms with Gasteiger partial charge in [-0.05, 0) is 32.6 Å². The molecule has 0 saturated carbocycles. The summed E-state index contributed by atoms with van der Waals surface area (Å²) in [6.07, 6.45) is 4.86. The minimum atomic E-state index is -1.21. The van der Waals surface area contributed by atoms with Crippen LogP contribution in [-0.4, -0.2) is 86.9 Å². The quantitative estimate of drug-likeness (QED) is 0.0943. The third-order valence-corrected chi connectivity index (χ3v) is 5.46. The van der Waals surface area contributed by atoms with Crippen molar-refractivity contribution in [1.29, 1.82) is 0 Å². The van der Waals surface area contributed by atoms with E-state index in [9.17, 15) is 19.2 Å². The van der Waals surface area contributed by atoms with Crippen molar-refractivity contribution in [2.75, 3.05) is 13.1 Å². The number of aliphatic imine (C=N–C) groups is 1. The van der Waals surface area contributed by atoms with E-state index in [0.29, 0.717) is 31.5 Å². The summed E-state index contributed by atoms with van der Waals surface area (Å²) in [5.74, 6) is -2.85. The molecule has 34 heavy (non-hydrogen) atoms. The predicted molar refractivity (Wildman–Crippen MR) is 122 cm³/mol. The van der Waals surface area contributed by atoms with Gasteiger partial charge in [-0.25, -0.2) is 4.98 Å². The van der Waals surface area contributed by atoms with Crippen molar-refractivity contribution < 1.29 is 24.3 Å². The summed E-state index contributed by atoms with van der Waals surface area (Å²) in [5.41, 5.74) is 17.4. The summed E-state index contributed by atoms with van der Waals surface area (Å²) in [7, 11) is 0. The summed E-state index contributed by atoms with van der Waals surface area (Å²) in [6, 6.07) is -3.82. The molecule has 1 aromatic heterocycles. The first-order chi connectivity index (χ1) is 16.1. The molecule has 14 nitrogen and oxygen atoms in total. The Morgan fingerprint density at radius 3 is 2.68 bits per heavy atom. The number of imidazole rings is 1. The van der Waals surface area contributed by atoms with Gasteiger partial charge >= 0.3 is 5.97 Å². The van der Waals surface area contributed by atoms with Gasteiger partial charge in [0, 0.05) is 31.4 Å². The van der Waals surface area contributed by atoms with Gasteiger partial charge < -0.3 is 42.8 Å². The van der Waals surface area contributed by atoms with E-state index >= 15 is 0 Å². The number of nitrogens with two attached hydrogens (primary N) is 3. The normalized spacial score (nSPS) is 17.9. The molecule has 14 heteroatoms. The van der Waals surface area contributed by atoms with Crippen molar-refractivity contribution in [3.8, 4) is 0 Å². The van der Waals surface area contributed by atoms with Gasteiger partial charge in [0.25, 0.3) is 0 Å². The van der Waals surface area contributed by atoms with Gasteiger partial charge in [-0.2, -0.15) is 0 Å². The Morgan fingerprint density at radius 1 is 1.32 bits per heavy atom. The number of aliphatic carboxylic acids is 1. The lowest BCUT2D eigenvalue weighted by Gasteiger charge is -2.28. The lowest BCUT2D eigenvalue weighted by Crippen LogP contribution is -2.56. The third kappa shape index (κ3) is 7.72. The number of aromatic amines is 1. The number of guanidine groups is 1. The lowest BCUT2D eigenvalue weighted by atomic mass is 10.1. The van der Waals surface area contributed by atoms with Crippen molar-refractivity contribution in [1.82, 2.24) is 25.5 Å². The van der Waals surface area contributed by atoms with Crippen LogP contribution in [0.5, 0.6) is 0 Å². The minimum Gasteiger partial charge on any atom is -0.480 e. The largest absolute Gasteiger partial charge is 0.480 e. The summed E-state index contributed by atoms with van der Waals surface area (Å²) in [5, 5.41) is 14.1. The maximum absolute atomic E-state index is 13.0. The Kier molecular flexibility index (Phi) is 9.79. The first-order valence-corrected chi connectivity index (χ1v) is 11.0. The molecule has 0 bridgehead atoms. The molecule has 0 aromatic carbocycles.